The molecule has 0 aliphatic rings. The Balaban J connectivity index is 1.44. The average molecular weight is 438 g/mol. The van der Waals surface area contributed by atoms with Gasteiger partial charge in [-0.1, -0.05) is 30.3 Å². The Morgan fingerprint density at radius 2 is 1.55 bits per heavy atom. The first-order valence-electron chi connectivity index (χ1n) is 10.2. The quantitative estimate of drug-likeness (QED) is 0.330. The zero-order valence-electron chi connectivity index (χ0n) is 17.9. The number of hydrogen-bond acceptors (Lipinski definition) is 7. The molecule has 0 spiro atoms. The summed E-state index contributed by atoms with van der Waals surface area (Å²) < 4.78 is 5.82. The van der Waals surface area contributed by atoms with Gasteiger partial charge >= 0.3 is 0 Å². The number of amides is 1. The molecular weight excluding hydrogens is 416 g/mol. The van der Waals surface area contributed by atoms with Crippen LogP contribution in [0.25, 0.3) is 5.57 Å². The second-order valence-corrected chi connectivity index (χ2v) is 6.95. The van der Waals surface area contributed by atoms with Crippen molar-refractivity contribution in [3.05, 3.63) is 97.0 Å². The van der Waals surface area contributed by atoms with Crippen LogP contribution in [-0.4, -0.2) is 20.9 Å². The lowest BCUT2D eigenvalue weighted by atomic mass is 10.1. The smallest absolute Gasteiger partial charge is 0.250 e. The Labute approximate surface area is 191 Å². The molecule has 164 valence electrons. The van der Waals surface area contributed by atoms with Gasteiger partial charge in [-0.2, -0.15) is 0 Å². The number of aromatic nitrogens is 3. The van der Waals surface area contributed by atoms with Crippen molar-refractivity contribution in [3.8, 4) is 11.5 Å². The van der Waals surface area contributed by atoms with E-state index in [2.05, 4.69) is 25.6 Å². The van der Waals surface area contributed by atoms with Gasteiger partial charge in [0.05, 0.1) is 11.3 Å². The van der Waals surface area contributed by atoms with Crippen molar-refractivity contribution < 1.29 is 9.53 Å². The lowest BCUT2D eigenvalue weighted by Gasteiger charge is -2.10. The topological polar surface area (TPSA) is 115 Å². The van der Waals surface area contributed by atoms with E-state index >= 15 is 0 Å². The van der Waals surface area contributed by atoms with Crippen molar-refractivity contribution in [2.75, 3.05) is 10.6 Å². The molecule has 2 aromatic heterocycles. The second-order valence-electron chi connectivity index (χ2n) is 6.95. The summed E-state index contributed by atoms with van der Waals surface area (Å²) in [4.78, 5) is 24.5. The molecule has 0 atom stereocenters. The SMILES string of the molecule is C/C=C(/C(N)=O)c1cccc(Nc2cc(Nc3ccc(Oc4ccccc4)cc3)ncn2)n1. The first kappa shape index (κ1) is 21.5. The standard InChI is InChI=1S/C25H22N6O2/c1-2-20(25(26)32)21-9-6-10-22(30-21)31-24-15-23(27-16-28-24)29-17-11-13-19(14-12-17)33-18-7-4-3-5-8-18/h2-16H,1H3,(H2,26,32)(H2,27,28,29,30,31)/b20-2+. The average Bonchev–Trinajstić information content (AvgIpc) is 2.82. The Kier molecular flexibility index (Phi) is 6.56. The molecule has 4 aromatic rings. The van der Waals surface area contributed by atoms with E-state index in [1.165, 1.54) is 6.33 Å². The molecule has 0 saturated carbocycles. The van der Waals surface area contributed by atoms with E-state index in [0.717, 1.165) is 17.2 Å². The Hall–Kier alpha value is -4.72. The number of carbonyl (C=O) groups excluding carboxylic acids is 1. The van der Waals surface area contributed by atoms with Crippen LogP contribution in [0.5, 0.6) is 11.5 Å². The highest BCUT2D eigenvalue weighted by atomic mass is 16.5. The number of allylic oxidation sites excluding steroid dienone is 1. The van der Waals surface area contributed by atoms with Crippen molar-refractivity contribution in [1.29, 1.82) is 0 Å². The van der Waals surface area contributed by atoms with E-state index in [-0.39, 0.29) is 0 Å². The number of hydrogen-bond donors (Lipinski definition) is 3. The minimum atomic E-state index is -0.532. The molecular formula is C25H22N6O2. The van der Waals surface area contributed by atoms with Crippen LogP contribution in [-0.2, 0) is 4.79 Å². The summed E-state index contributed by atoms with van der Waals surface area (Å²) in [6.07, 6.45) is 3.08. The van der Waals surface area contributed by atoms with Gasteiger partial charge in [0.15, 0.2) is 0 Å². The normalized spacial score (nSPS) is 11.0. The van der Waals surface area contributed by atoms with Gasteiger partial charge in [-0.05, 0) is 55.5 Å². The molecule has 2 aromatic carbocycles. The third kappa shape index (κ3) is 5.71. The van der Waals surface area contributed by atoms with Crippen molar-refractivity contribution >= 4 is 34.6 Å². The third-order valence-electron chi connectivity index (χ3n) is 4.61. The van der Waals surface area contributed by atoms with Crippen LogP contribution in [0.1, 0.15) is 12.6 Å². The summed E-state index contributed by atoms with van der Waals surface area (Å²) in [7, 11) is 0. The molecule has 0 aliphatic carbocycles. The molecule has 0 radical (unpaired) electrons. The fourth-order valence-electron chi connectivity index (χ4n) is 3.07. The highest BCUT2D eigenvalue weighted by Crippen LogP contribution is 2.25. The van der Waals surface area contributed by atoms with E-state index in [0.29, 0.717) is 28.7 Å². The number of nitrogens with zero attached hydrogens (tertiary/aromatic N) is 3. The highest BCUT2D eigenvalue weighted by Gasteiger charge is 2.10. The van der Waals surface area contributed by atoms with Gasteiger partial charge in [0, 0.05) is 11.8 Å². The molecule has 2 heterocycles. The van der Waals surface area contributed by atoms with Gasteiger partial charge in [-0.25, -0.2) is 15.0 Å². The first-order valence-corrected chi connectivity index (χ1v) is 10.2. The molecule has 8 heteroatoms. The molecule has 0 saturated heterocycles. The minimum absolute atomic E-state index is 0.350. The molecule has 0 fully saturated rings. The van der Waals surface area contributed by atoms with Gasteiger partial charge in [0.2, 0.25) is 0 Å². The van der Waals surface area contributed by atoms with Crippen molar-refractivity contribution in [2.45, 2.75) is 6.92 Å². The van der Waals surface area contributed by atoms with E-state index in [4.69, 9.17) is 10.5 Å². The fourth-order valence-corrected chi connectivity index (χ4v) is 3.07. The van der Waals surface area contributed by atoms with Gasteiger partial charge in [-0.15, -0.1) is 0 Å². The van der Waals surface area contributed by atoms with Crippen LogP contribution >= 0.6 is 0 Å². The molecule has 0 unspecified atom stereocenters. The van der Waals surface area contributed by atoms with Crippen LogP contribution in [0.4, 0.5) is 23.1 Å². The molecule has 4 N–H and O–H groups in total. The summed E-state index contributed by atoms with van der Waals surface area (Å²) in [5.74, 6) is 2.66. The predicted octanol–water partition coefficient (Wildman–Crippen LogP) is 5.04. The number of primary amides is 1. The number of anilines is 4. The van der Waals surface area contributed by atoms with Gasteiger partial charge in [0.25, 0.3) is 5.91 Å². The summed E-state index contributed by atoms with van der Waals surface area (Å²) in [6, 6.07) is 24.2. The Morgan fingerprint density at radius 1 is 0.848 bits per heavy atom. The number of rotatable bonds is 8. The molecule has 33 heavy (non-hydrogen) atoms. The van der Waals surface area contributed by atoms with Crippen molar-refractivity contribution in [1.82, 2.24) is 15.0 Å². The fraction of sp³-hybridized carbons (Fsp3) is 0.0400. The minimum Gasteiger partial charge on any atom is -0.457 e. The zero-order valence-corrected chi connectivity index (χ0v) is 17.9. The molecule has 8 nitrogen and oxygen atoms in total. The maximum atomic E-state index is 11.6. The lowest BCUT2D eigenvalue weighted by Crippen LogP contribution is -2.14. The molecule has 0 aliphatic heterocycles. The summed E-state index contributed by atoms with van der Waals surface area (Å²) in [6.45, 7) is 1.74. The van der Waals surface area contributed by atoms with E-state index in [1.54, 1.807) is 37.3 Å². The van der Waals surface area contributed by atoms with Crippen LogP contribution in [0.2, 0.25) is 0 Å². The summed E-state index contributed by atoms with van der Waals surface area (Å²) >= 11 is 0. The maximum absolute atomic E-state index is 11.6. The van der Waals surface area contributed by atoms with Crippen LogP contribution in [0.3, 0.4) is 0 Å². The van der Waals surface area contributed by atoms with Crippen LogP contribution < -0.4 is 21.1 Å². The number of para-hydroxylation sites is 1. The molecule has 1 amide bonds. The lowest BCUT2D eigenvalue weighted by molar-refractivity contribution is -0.112. The van der Waals surface area contributed by atoms with Gasteiger partial charge in [0.1, 0.15) is 35.3 Å². The van der Waals surface area contributed by atoms with Gasteiger partial charge < -0.3 is 21.1 Å². The largest absolute Gasteiger partial charge is 0.457 e. The molecule has 0 bridgehead atoms. The monoisotopic (exact) mass is 438 g/mol. The number of ether oxygens (including phenoxy) is 1. The van der Waals surface area contributed by atoms with Gasteiger partial charge in [-0.3, -0.25) is 4.79 Å². The van der Waals surface area contributed by atoms with E-state index in [1.807, 2.05) is 54.6 Å². The molecule has 4 rings (SSSR count). The Bertz CT molecular complexity index is 1270. The van der Waals surface area contributed by atoms with Crippen LogP contribution in [0.15, 0.2) is 91.3 Å². The first-order chi connectivity index (χ1) is 16.1. The summed E-state index contributed by atoms with van der Waals surface area (Å²) in [5, 5.41) is 6.36. The van der Waals surface area contributed by atoms with Crippen molar-refractivity contribution in [2.24, 2.45) is 5.73 Å². The zero-order chi connectivity index (χ0) is 23.0. The second kappa shape index (κ2) is 10.1. The number of benzene rings is 2. The van der Waals surface area contributed by atoms with Crippen LogP contribution in [0, 0.1) is 0 Å². The number of nitrogens with two attached hydrogens (primary N) is 1. The van der Waals surface area contributed by atoms with E-state index < -0.39 is 5.91 Å². The summed E-state index contributed by atoms with van der Waals surface area (Å²) in [5.41, 5.74) is 7.10. The Morgan fingerprint density at radius 3 is 2.24 bits per heavy atom. The predicted molar refractivity (Wildman–Crippen MR) is 129 cm³/mol. The number of pyridine rings is 1. The van der Waals surface area contributed by atoms with E-state index in [9.17, 15) is 4.79 Å². The number of carbonyl (C=O) groups is 1. The maximum Gasteiger partial charge on any atom is 0.250 e. The van der Waals surface area contributed by atoms with Crippen molar-refractivity contribution in [3.63, 3.8) is 0 Å². The number of nitrogens with one attached hydrogen (secondary N) is 2. The highest BCUT2D eigenvalue weighted by molar-refractivity contribution is 6.18. The third-order valence-corrected chi connectivity index (χ3v) is 4.61.